The Labute approximate surface area is 86.2 Å². The molecule has 0 saturated carbocycles. The Bertz CT molecular complexity index is 180. The molecule has 3 heteroatoms. The van der Waals surface area contributed by atoms with Gasteiger partial charge in [-0.05, 0) is 37.3 Å². The van der Waals surface area contributed by atoms with E-state index in [1.165, 1.54) is 0 Å². The van der Waals surface area contributed by atoms with E-state index in [-0.39, 0.29) is 11.5 Å². The van der Waals surface area contributed by atoms with Gasteiger partial charge in [-0.1, -0.05) is 20.8 Å². The molecule has 14 heavy (non-hydrogen) atoms. The summed E-state index contributed by atoms with van der Waals surface area (Å²) in [5.41, 5.74) is 0.0446. The topological polar surface area (TPSA) is 38.3 Å². The molecular formula is C11H21NO2. The highest BCUT2D eigenvalue weighted by Crippen LogP contribution is 2.32. The van der Waals surface area contributed by atoms with Crippen LogP contribution >= 0.6 is 0 Å². The summed E-state index contributed by atoms with van der Waals surface area (Å²) in [5.74, 6) is 0.515. The summed E-state index contributed by atoms with van der Waals surface area (Å²) in [6.45, 7) is 9.06. The second-order valence-electron chi connectivity index (χ2n) is 5.11. The monoisotopic (exact) mass is 199 g/mol. The lowest BCUT2D eigenvalue weighted by molar-refractivity contribution is -0.144. The van der Waals surface area contributed by atoms with Gasteiger partial charge in [-0.3, -0.25) is 4.79 Å². The molecule has 0 radical (unpaired) electrons. The Hall–Kier alpha value is -0.570. The van der Waals surface area contributed by atoms with E-state index in [9.17, 15) is 4.79 Å². The zero-order valence-electron chi connectivity index (χ0n) is 9.38. The van der Waals surface area contributed by atoms with Gasteiger partial charge >= 0.3 is 0 Å². The largest absolute Gasteiger partial charge is 0.464 e. The van der Waals surface area contributed by atoms with Crippen LogP contribution in [-0.2, 0) is 9.53 Å². The Kier molecular flexibility index (Phi) is 3.93. The molecule has 0 spiro atoms. The first-order valence-electron chi connectivity index (χ1n) is 5.35. The lowest BCUT2D eigenvalue weighted by Gasteiger charge is -2.37. The van der Waals surface area contributed by atoms with Crippen molar-refractivity contribution in [2.75, 3.05) is 13.1 Å². The normalized spacial score (nSPS) is 21.6. The van der Waals surface area contributed by atoms with Crippen LogP contribution in [0.1, 0.15) is 33.6 Å². The maximum atomic E-state index is 10.5. The fraction of sp³-hybridized carbons (Fsp3) is 0.909. The molecule has 0 aromatic rings. The molecular weight excluding hydrogens is 178 g/mol. The SMILES string of the molecule is CC(C)(C)C(OC=O)C1CCNCC1. The fourth-order valence-electron chi connectivity index (χ4n) is 2.23. The summed E-state index contributed by atoms with van der Waals surface area (Å²) in [5, 5.41) is 3.32. The second-order valence-corrected chi connectivity index (χ2v) is 5.11. The smallest absolute Gasteiger partial charge is 0.293 e. The van der Waals surface area contributed by atoms with Gasteiger partial charge in [0.05, 0.1) is 0 Å². The van der Waals surface area contributed by atoms with E-state index in [1.807, 2.05) is 0 Å². The fourth-order valence-corrected chi connectivity index (χ4v) is 2.23. The molecule has 82 valence electrons. The predicted molar refractivity (Wildman–Crippen MR) is 56.0 cm³/mol. The third-order valence-corrected chi connectivity index (χ3v) is 2.87. The molecule has 1 unspecified atom stereocenters. The Balaban J connectivity index is 2.60. The molecule has 1 rings (SSSR count). The van der Waals surface area contributed by atoms with Crippen LogP contribution in [0.3, 0.4) is 0 Å². The summed E-state index contributed by atoms with van der Waals surface area (Å²) in [6, 6.07) is 0. The van der Waals surface area contributed by atoms with Crippen LogP contribution in [0.4, 0.5) is 0 Å². The van der Waals surface area contributed by atoms with Crippen molar-refractivity contribution >= 4 is 6.47 Å². The van der Waals surface area contributed by atoms with E-state index in [2.05, 4.69) is 26.1 Å². The quantitative estimate of drug-likeness (QED) is 0.701. The zero-order chi connectivity index (χ0) is 10.6. The van der Waals surface area contributed by atoms with E-state index >= 15 is 0 Å². The van der Waals surface area contributed by atoms with Crippen molar-refractivity contribution in [3.63, 3.8) is 0 Å². The van der Waals surface area contributed by atoms with Crippen LogP contribution in [0.15, 0.2) is 0 Å². The minimum Gasteiger partial charge on any atom is -0.464 e. The van der Waals surface area contributed by atoms with Crippen LogP contribution in [0.25, 0.3) is 0 Å². The first-order chi connectivity index (χ1) is 6.55. The number of carbonyl (C=O) groups is 1. The average Bonchev–Trinajstić information content (AvgIpc) is 2.14. The highest BCUT2D eigenvalue weighted by molar-refractivity contribution is 5.37. The lowest BCUT2D eigenvalue weighted by atomic mass is 9.77. The number of nitrogens with one attached hydrogen (secondary N) is 1. The Morgan fingerprint density at radius 2 is 1.93 bits per heavy atom. The van der Waals surface area contributed by atoms with E-state index in [1.54, 1.807) is 0 Å². The summed E-state index contributed by atoms with van der Waals surface area (Å²) in [7, 11) is 0. The maximum absolute atomic E-state index is 10.5. The maximum Gasteiger partial charge on any atom is 0.293 e. The Morgan fingerprint density at radius 3 is 2.36 bits per heavy atom. The van der Waals surface area contributed by atoms with Crippen LogP contribution < -0.4 is 5.32 Å². The molecule has 1 aliphatic heterocycles. The molecule has 0 aliphatic carbocycles. The van der Waals surface area contributed by atoms with Gasteiger partial charge in [0.15, 0.2) is 0 Å². The number of piperidine rings is 1. The van der Waals surface area contributed by atoms with Crippen LogP contribution in [0.5, 0.6) is 0 Å². The van der Waals surface area contributed by atoms with Gasteiger partial charge < -0.3 is 10.1 Å². The highest BCUT2D eigenvalue weighted by Gasteiger charge is 2.34. The van der Waals surface area contributed by atoms with Crippen LogP contribution in [-0.4, -0.2) is 25.7 Å². The van der Waals surface area contributed by atoms with Crippen molar-refractivity contribution < 1.29 is 9.53 Å². The molecule has 1 saturated heterocycles. The molecule has 0 bridgehead atoms. The summed E-state index contributed by atoms with van der Waals surface area (Å²) in [6.07, 6.45) is 2.27. The van der Waals surface area contributed by atoms with Gasteiger partial charge in [-0.15, -0.1) is 0 Å². The van der Waals surface area contributed by atoms with Gasteiger partial charge in [-0.25, -0.2) is 0 Å². The molecule has 0 aromatic heterocycles. The third-order valence-electron chi connectivity index (χ3n) is 2.87. The second kappa shape index (κ2) is 4.78. The molecule has 0 amide bonds. The Morgan fingerprint density at radius 1 is 1.36 bits per heavy atom. The van der Waals surface area contributed by atoms with Gasteiger partial charge in [0.2, 0.25) is 0 Å². The molecule has 1 aliphatic rings. The number of hydrogen-bond donors (Lipinski definition) is 1. The van der Waals surface area contributed by atoms with Crippen molar-refractivity contribution in [1.29, 1.82) is 0 Å². The van der Waals surface area contributed by atoms with Crippen molar-refractivity contribution in [1.82, 2.24) is 5.32 Å². The van der Waals surface area contributed by atoms with E-state index in [4.69, 9.17) is 4.74 Å². The van der Waals surface area contributed by atoms with Crippen LogP contribution in [0.2, 0.25) is 0 Å². The number of carbonyl (C=O) groups excluding carboxylic acids is 1. The summed E-state index contributed by atoms with van der Waals surface area (Å²) in [4.78, 5) is 10.5. The molecule has 0 aromatic carbocycles. The van der Waals surface area contributed by atoms with E-state index in [0.717, 1.165) is 25.9 Å². The summed E-state index contributed by atoms with van der Waals surface area (Å²) < 4.78 is 5.24. The zero-order valence-corrected chi connectivity index (χ0v) is 9.38. The number of hydrogen-bond acceptors (Lipinski definition) is 3. The molecule has 1 atom stereocenters. The average molecular weight is 199 g/mol. The third kappa shape index (κ3) is 2.98. The number of ether oxygens (including phenoxy) is 1. The van der Waals surface area contributed by atoms with E-state index < -0.39 is 0 Å². The van der Waals surface area contributed by atoms with Crippen molar-refractivity contribution in [3.05, 3.63) is 0 Å². The van der Waals surface area contributed by atoms with Gasteiger partial charge in [0, 0.05) is 0 Å². The first kappa shape index (κ1) is 11.5. The van der Waals surface area contributed by atoms with Crippen molar-refractivity contribution in [2.24, 2.45) is 11.3 Å². The van der Waals surface area contributed by atoms with Crippen molar-refractivity contribution in [3.8, 4) is 0 Å². The van der Waals surface area contributed by atoms with Gasteiger partial charge in [0.25, 0.3) is 6.47 Å². The van der Waals surface area contributed by atoms with Gasteiger partial charge in [-0.2, -0.15) is 0 Å². The van der Waals surface area contributed by atoms with Crippen molar-refractivity contribution in [2.45, 2.75) is 39.7 Å². The minimum atomic E-state index is 0.0446. The lowest BCUT2D eigenvalue weighted by Crippen LogP contribution is -2.41. The highest BCUT2D eigenvalue weighted by atomic mass is 16.5. The van der Waals surface area contributed by atoms with Gasteiger partial charge in [0.1, 0.15) is 6.10 Å². The van der Waals surface area contributed by atoms with Crippen LogP contribution in [0, 0.1) is 11.3 Å². The first-order valence-corrected chi connectivity index (χ1v) is 5.35. The number of rotatable bonds is 3. The molecule has 1 heterocycles. The predicted octanol–water partition coefficient (Wildman–Crippen LogP) is 1.57. The molecule has 3 nitrogen and oxygen atoms in total. The minimum absolute atomic E-state index is 0.0446. The molecule has 1 N–H and O–H groups in total. The van der Waals surface area contributed by atoms with E-state index in [0.29, 0.717) is 12.4 Å². The standard InChI is InChI=1S/C11H21NO2/c1-11(2,3)10(14-8-13)9-4-6-12-7-5-9/h8-10,12H,4-7H2,1-3H3. The summed E-state index contributed by atoms with van der Waals surface area (Å²) >= 11 is 0. The molecule has 1 fully saturated rings.